The summed E-state index contributed by atoms with van der Waals surface area (Å²) in [7, 11) is 0. The average Bonchev–Trinajstić information content (AvgIpc) is 3.38. The molecule has 0 aliphatic heterocycles. The fraction of sp³-hybridized carbons (Fsp3) is 0.864. The van der Waals surface area contributed by atoms with E-state index in [9.17, 15) is 14.4 Å². The minimum absolute atomic E-state index is 0.0720. The first-order valence-corrected chi connectivity index (χ1v) is 32.0. The number of hydrogen-bond acceptors (Lipinski definition) is 6. The second-order valence-electron chi connectivity index (χ2n) is 21.7. The molecule has 0 N–H and O–H groups in total. The Morgan fingerprint density at radius 1 is 0.292 bits per heavy atom. The minimum Gasteiger partial charge on any atom is -0.462 e. The molecule has 0 spiro atoms. The molecule has 0 fully saturated rings. The van der Waals surface area contributed by atoms with Gasteiger partial charge in [0.2, 0.25) is 0 Å². The highest BCUT2D eigenvalue weighted by atomic mass is 16.6. The van der Waals surface area contributed by atoms with Gasteiger partial charge in [0.25, 0.3) is 0 Å². The van der Waals surface area contributed by atoms with Gasteiger partial charge >= 0.3 is 17.9 Å². The highest BCUT2D eigenvalue weighted by molar-refractivity contribution is 5.71. The largest absolute Gasteiger partial charge is 0.462 e. The first-order chi connectivity index (χ1) is 35.5. The van der Waals surface area contributed by atoms with Crippen LogP contribution in [0.1, 0.15) is 348 Å². The average molecular weight is 1010 g/mol. The molecule has 0 aromatic carbocycles. The molecule has 1 atom stereocenters. The summed E-state index contributed by atoms with van der Waals surface area (Å²) in [6.45, 7) is 6.53. The summed E-state index contributed by atoms with van der Waals surface area (Å²) in [6, 6.07) is 0. The standard InChI is InChI=1S/C66H122O6/c1-4-7-10-13-16-18-20-22-24-26-27-28-29-30-31-32-33-34-35-36-37-38-40-41-43-45-47-50-53-56-59-65(68)71-62-63(61-70-64(67)58-55-52-49-15-12-9-6-3)72-66(69)60-57-54-51-48-46-44-42-39-25-23-21-19-17-14-11-8-5-2/h8,11,17,19,23,25,63H,4-7,9-10,12-16,18,20-22,24,26-62H2,1-3H3/b11-8-,19-17-,25-23-. The van der Waals surface area contributed by atoms with Gasteiger partial charge in [-0.2, -0.15) is 0 Å². The third-order valence-corrected chi connectivity index (χ3v) is 14.4. The Bertz CT molecular complexity index is 1210. The summed E-state index contributed by atoms with van der Waals surface area (Å²) in [5, 5.41) is 0. The molecular weight excluding hydrogens is 889 g/mol. The topological polar surface area (TPSA) is 78.9 Å². The van der Waals surface area contributed by atoms with Crippen LogP contribution in [0.25, 0.3) is 0 Å². The lowest BCUT2D eigenvalue weighted by atomic mass is 10.0. The van der Waals surface area contributed by atoms with Gasteiger partial charge in [-0.3, -0.25) is 14.4 Å². The molecule has 0 radical (unpaired) electrons. The van der Waals surface area contributed by atoms with Gasteiger partial charge in [-0.05, 0) is 51.4 Å². The number of carbonyl (C=O) groups excluding carboxylic acids is 3. The molecule has 0 aromatic heterocycles. The molecule has 6 heteroatoms. The maximum Gasteiger partial charge on any atom is 0.306 e. The van der Waals surface area contributed by atoms with Crippen LogP contribution in [-0.4, -0.2) is 37.2 Å². The quantitative estimate of drug-likeness (QED) is 0.0261. The Hall–Kier alpha value is -2.37. The first kappa shape index (κ1) is 69.6. The summed E-state index contributed by atoms with van der Waals surface area (Å²) in [5.41, 5.74) is 0. The van der Waals surface area contributed by atoms with Gasteiger partial charge in [-0.15, -0.1) is 0 Å². The van der Waals surface area contributed by atoms with Crippen LogP contribution < -0.4 is 0 Å². The van der Waals surface area contributed by atoms with E-state index in [1.807, 2.05) is 0 Å². The number of esters is 3. The van der Waals surface area contributed by atoms with Crippen LogP contribution in [0.3, 0.4) is 0 Å². The molecule has 0 heterocycles. The third-order valence-electron chi connectivity index (χ3n) is 14.4. The summed E-state index contributed by atoms with van der Waals surface area (Å²) in [6.07, 6.45) is 74.8. The molecule has 0 aromatic rings. The van der Waals surface area contributed by atoms with Crippen LogP contribution in [0, 0.1) is 0 Å². The normalized spacial score (nSPS) is 12.2. The van der Waals surface area contributed by atoms with E-state index in [0.29, 0.717) is 19.3 Å². The van der Waals surface area contributed by atoms with Crippen LogP contribution in [0.15, 0.2) is 36.5 Å². The van der Waals surface area contributed by atoms with E-state index in [1.54, 1.807) is 0 Å². The maximum atomic E-state index is 12.8. The van der Waals surface area contributed by atoms with Crippen molar-refractivity contribution in [2.24, 2.45) is 0 Å². The van der Waals surface area contributed by atoms with E-state index in [4.69, 9.17) is 14.2 Å². The van der Waals surface area contributed by atoms with Crippen molar-refractivity contribution >= 4 is 17.9 Å². The molecule has 422 valence electrons. The predicted octanol–water partition coefficient (Wildman–Crippen LogP) is 21.6. The van der Waals surface area contributed by atoms with Crippen LogP contribution in [0.5, 0.6) is 0 Å². The van der Waals surface area contributed by atoms with E-state index in [1.165, 1.54) is 225 Å². The lowest BCUT2D eigenvalue weighted by molar-refractivity contribution is -0.167. The van der Waals surface area contributed by atoms with E-state index in [0.717, 1.165) is 83.5 Å². The highest BCUT2D eigenvalue weighted by Gasteiger charge is 2.19. The smallest absolute Gasteiger partial charge is 0.306 e. The van der Waals surface area contributed by atoms with Crippen molar-refractivity contribution in [3.05, 3.63) is 36.5 Å². The lowest BCUT2D eigenvalue weighted by Crippen LogP contribution is -2.30. The zero-order valence-electron chi connectivity index (χ0n) is 48.5. The van der Waals surface area contributed by atoms with E-state index in [2.05, 4.69) is 57.2 Å². The molecule has 72 heavy (non-hydrogen) atoms. The number of rotatable bonds is 59. The molecule has 6 nitrogen and oxygen atoms in total. The van der Waals surface area contributed by atoms with Crippen molar-refractivity contribution in [2.75, 3.05) is 13.2 Å². The summed E-state index contributed by atoms with van der Waals surface area (Å²) < 4.78 is 16.8. The SMILES string of the molecule is CC/C=C\C/C=C\C/C=C\CCCCCCCCCC(=O)OC(COC(=O)CCCCCCCCC)COC(=O)CCCCCCCCCCCCCCCCCCCCCCCCCCCCCCCC. The lowest BCUT2D eigenvalue weighted by Gasteiger charge is -2.18. The second kappa shape index (κ2) is 61.2. The zero-order chi connectivity index (χ0) is 52.2. The summed E-state index contributed by atoms with van der Waals surface area (Å²) >= 11 is 0. The van der Waals surface area contributed by atoms with Crippen molar-refractivity contribution in [1.29, 1.82) is 0 Å². The Morgan fingerprint density at radius 3 is 0.847 bits per heavy atom. The second-order valence-corrected chi connectivity index (χ2v) is 21.7. The molecule has 0 saturated heterocycles. The van der Waals surface area contributed by atoms with Gasteiger partial charge in [-0.1, -0.05) is 314 Å². The number of hydrogen-bond donors (Lipinski definition) is 0. The van der Waals surface area contributed by atoms with Crippen LogP contribution in [0.2, 0.25) is 0 Å². The van der Waals surface area contributed by atoms with Gasteiger partial charge in [-0.25, -0.2) is 0 Å². The Kier molecular flexibility index (Phi) is 59.2. The third kappa shape index (κ3) is 58.5. The van der Waals surface area contributed by atoms with E-state index < -0.39 is 6.10 Å². The molecule has 1 unspecified atom stereocenters. The monoisotopic (exact) mass is 1010 g/mol. The van der Waals surface area contributed by atoms with Gasteiger partial charge in [0, 0.05) is 19.3 Å². The van der Waals surface area contributed by atoms with E-state index >= 15 is 0 Å². The predicted molar refractivity (Wildman–Crippen MR) is 312 cm³/mol. The van der Waals surface area contributed by atoms with Crippen LogP contribution >= 0.6 is 0 Å². The zero-order valence-corrected chi connectivity index (χ0v) is 48.5. The number of carbonyl (C=O) groups is 3. The fourth-order valence-electron chi connectivity index (χ4n) is 9.64. The fourth-order valence-corrected chi connectivity index (χ4v) is 9.64. The Balaban J connectivity index is 4.00. The van der Waals surface area contributed by atoms with Gasteiger partial charge < -0.3 is 14.2 Å². The van der Waals surface area contributed by atoms with Gasteiger partial charge in [0.05, 0.1) is 0 Å². The summed E-state index contributed by atoms with van der Waals surface area (Å²) in [5.74, 6) is -0.870. The van der Waals surface area contributed by atoms with Crippen molar-refractivity contribution in [1.82, 2.24) is 0 Å². The van der Waals surface area contributed by atoms with Crippen LogP contribution in [0.4, 0.5) is 0 Å². The van der Waals surface area contributed by atoms with Crippen LogP contribution in [-0.2, 0) is 28.6 Å². The maximum absolute atomic E-state index is 12.8. The molecule has 0 aliphatic rings. The van der Waals surface area contributed by atoms with Crippen molar-refractivity contribution in [2.45, 2.75) is 354 Å². The van der Waals surface area contributed by atoms with Crippen molar-refractivity contribution < 1.29 is 28.6 Å². The number of ether oxygens (including phenoxy) is 3. The highest BCUT2D eigenvalue weighted by Crippen LogP contribution is 2.18. The Labute approximate surface area is 448 Å². The molecule has 0 amide bonds. The molecule has 0 rings (SSSR count). The molecule has 0 saturated carbocycles. The minimum atomic E-state index is -0.772. The van der Waals surface area contributed by atoms with E-state index in [-0.39, 0.29) is 31.1 Å². The Morgan fingerprint density at radius 2 is 0.542 bits per heavy atom. The number of unbranched alkanes of at least 4 members (excludes halogenated alkanes) is 42. The number of allylic oxidation sites excluding steroid dienone is 6. The van der Waals surface area contributed by atoms with Crippen molar-refractivity contribution in [3.63, 3.8) is 0 Å². The van der Waals surface area contributed by atoms with Gasteiger partial charge in [0.1, 0.15) is 13.2 Å². The first-order valence-electron chi connectivity index (χ1n) is 32.0. The molecular formula is C66H122O6. The molecule has 0 aliphatic carbocycles. The van der Waals surface area contributed by atoms with Gasteiger partial charge in [0.15, 0.2) is 6.10 Å². The molecule has 0 bridgehead atoms. The summed E-state index contributed by atoms with van der Waals surface area (Å²) in [4.78, 5) is 38.0. The van der Waals surface area contributed by atoms with Crippen molar-refractivity contribution in [3.8, 4) is 0 Å².